The van der Waals surface area contributed by atoms with Crippen molar-refractivity contribution in [2.45, 2.75) is 25.4 Å². The summed E-state index contributed by atoms with van der Waals surface area (Å²) in [5, 5.41) is 6.28. The van der Waals surface area contributed by atoms with Crippen LogP contribution in [0.3, 0.4) is 0 Å². The minimum absolute atomic E-state index is 0.123. The molecule has 0 saturated carbocycles. The fourth-order valence-corrected chi connectivity index (χ4v) is 3.14. The molecule has 0 bridgehead atoms. The molecular formula is C19H20ClN3O2. The fraction of sp³-hybridized carbons (Fsp3) is 0.263. The van der Waals surface area contributed by atoms with Crippen LogP contribution in [0.5, 0.6) is 0 Å². The molecule has 3 rings (SSSR count). The Morgan fingerprint density at radius 2 is 1.92 bits per heavy atom. The van der Waals surface area contributed by atoms with E-state index in [1.165, 1.54) is 0 Å². The molecule has 1 unspecified atom stereocenters. The minimum atomic E-state index is -0.442. The number of nitrogens with zero attached hydrogens (tertiary/aromatic N) is 1. The molecule has 0 spiro atoms. The summed E-state index contributed by atoms with van der Waals surface area (Å²) < 4.78 is 0. The smallest absolute Gasteiger partial charge is 0.322 e. The third kappa shape index (κ3) is 4.51. The molecule has 1 atom stereocenters. The van der Waals surface area contributed by atoms with E-state index in [0.717, 1.165) is 12.0 Å². The second kappa shape index (κ2) is 8.03. The molecule has 1 aliphatic rings. The van der Waals surface area contributed by atoms with Gasteiger partial charge in [0.2, 0.25) is 5.91 Å². The van der Waals surface area contributed by atoms with E-state index < -0.39 is 6.04 Å². The van der Waals surface area contributed by atoms with E-state index in [-0.39, 0.29) is 11.9 Å². The second-order valence-electron chi connectivity index (χ2n) is 6.00. The van der Waals surface area contributed by atoms with E-state index in [0.29, 0.717) is 30.2 Å². The lowest BCUT2D eigenvalue weighted by Gasteiger charge is -2.24. The number of halogens is 1. The maximum Gasteiger partial charge on any atom is 0.322 e. The number of carbonyl (C=O) groups excluding carboxylic acids is 2. The van der Waals surface area contributed by atoms with Gasteiger partial charge >= 0.3 is 6.03 Å². The van der Waals surface area contributed by atoms with Crippen molar-refractivity contribution in [2.24, 2.45) is 0 Å². The standard InChI is InChI=1S/C19H20ClN3O2/c20-15-8-4-9-16(12-15)22-19(25)23-11-5-10-17(23)18(24)21-13-14-6-2-1-3-7-14/h1-4,6-9,12,17H,5,10-11,13H2,(H,21,24)(H,22,25). The molecule has 0 aromatic heterocycles. The summed E-state index contributed by atoms with van der Waals surface area (Å²) in [6, 6.07) is 16.0. The molecule has 1 aliphatic heterocycles. The largest absolute Gasteiger partial charge is 0.350 e. The highest BCUT2D eigenvalue weighted by Gasteiger charge is 2.34. The molecule has 1 heterocycles. The summed E-state index contributed by atoms with van der Waals surface area (Å²) in [6.07, 6.45) is 1.48. The lowest BCUT2D eigenvalue weighted by atomic mass is 10.2. The van der Waals surface area contributed by atoms with Gasteiger partial charge in [-0.2, -0.15) is 0 Å². The van der Waals surface area contributed by atoms with Gasteiger partial charge in [0.15, 0.2) is 0 Å². The number of benzene rings is 2. The van der Waals surface area contributed by atoms with Crippen LogP contribution in [0.4, 0.5) is 10.5 Å². The van der Waals surface area contributed by atoms with Gasteiger partial charge in [0.1, 0.15) is 6.04 Å². The Bertz CT molecular complexity index is 751. The number of hydrogen-bond donors (Lipinski definition) is 2. The van der Waals surface area contributed by atoms with Gasteiger partial charge in [-0.15, -0.1) is 0 Å². The summed E-state index contributed by atoms with van der Waals surface area (Å²) in [7, 11) is 0. The molecule has 25 heavy (non-hydrogen) atoms. The van der Waals surface area contributed by atoms with Gasteiger partial charge in [-0.3, -0.25) is 4.79 Å². The number of nitrogens with one attached hydrogen (secondary N) is 2. The van der Waals surface area contributed by atoms with Gasteiger partial charge in [-0.1, -0.05) is 48.0 Å². The number of anilines is 1. The molecule has 130 valence electrons. The predicted octanol–water partition coefficient (Wildman–Crippen LogP) is 3.65. The molecule has 1 fully saturated rings. The average Bonchev–Trinajstić information content (AvgIpc) is 3.10. The van der Waals surface area contributed by atoms with Crippen LogP contribution in [-0.2, 0) is 11.3 Å². The minimum Gasteiger partial charge on any atom is -0.350 e. The summed E-state index contributed by atoms with van der Waals surface area (Å²) in [4.78, 5) is 26.6. The van der Waals surface area contributed by atoms with Crippen molar-refractivity contribution >= 4 is 29.2 Å². The van der Waals surface area contributed by atoms with Crippen molar-refractivity contribution in [3.8, 4) is 0 Å². The third-order valence-electron chi connectivity index (χ3n) is 4.20. The zero-order chi connectivity index (χ0) is 17.6. The van der Waals surface area contributed by atoms with E-state index in [9.17, 15) is 9.59 Å². The van der Waals surface area contributed by atoms with Crippen LogP contribution in [0.25, 0.3) is 0 Å². The van der Waals surface area contributed by atoms with Crippen molar-refractivity contribution in [2.75, 3.05) is 11.9 Å². The second-order valence-corrected chi connectivity index (χ2v) is 6.43. The van der Waals surface area contributed by atoms with Crippen LogP contribution in [0.2, 0.25) is 5.02 Å². The molecule has 1 saturated heterocycles. The first-order chi connectivity index (χ1) is 12.1. The highest BCUT2D eigenvalue weighted by molar-refractivity contribution is 6.30. The Morgan fingerprint density at radius 1 is 1.12 bits per heavy atom. The maximum absolute atomic E-state index is 12.5. The number of carbonyl (C=O) groups is 2. The Morgan fingerprint density at radius 3 is 2.68 bits per heavy atom. The van der Waals surface area contributed by atoms with Crippen molar-refractivity contribution in [3.05, 3.63) is 65.2 Å². The predicted molar refractivity (Wildman–Crippen MR) is 98.5 cm³/mol. The van der Waals surface area contributed by atoms with Crippen molar-refractivity contribution in [1.82, 2.24) is 10.2 Å². The van der Waals surface area contributed by atoms with Crippen molar-refractivity contribution in [1.29, 1.82) is 0 Å². The quantitative estimate of drug-likeness (QED) is 0.877. The molecule has 5 nitrogen and oxygen atoms in total. The summed E-state index contributed by atoms with van der Waals surface area (Å²) in [6.45, 7) is 1.02. The van der Waals surface area contributed by atoms with Crippen LogP contribution < -0.4 is 10.6 Å². The highest BCUT2D eigenvalue weighted by Crippen LogP contribution is 2.20. The lowest BCUT2D eigenvalue weighted by Crippen LogP contribution is -2.47. The number of amides is 3. The molecule has 3 amide bonds. The van der Waals surface area contributed by atoms with Crippen molar-refractivity contribution in [3.63, 3.8) is 0 Å². The summed E-state index contributed by atoms with van der Waals surface area (Å²) >= 11 is 5.94. The Hall–Kier alpha value is -2.53. The van der Waals surface area contributed by atoms with Gasteiger partial charge in [0, 0.05) is 23.8 Å². The SMILES string of the molecule is O=C(NCc1ccccc1)C1CCCN1C(=O)Nc1cccc(Cl)c1. The Kier molecular flexibility index (Phi) is 5.56. The zero-order valence-corrected chi connectivity index (χ0v) is 14.5. The normalized spacial score (nSPS) is 16.5. The Balaban J connectivity index is 1.59. The number of likely N-dealkylation sites (tertiary alicyclic amines) is 1. The van der Waals surface area contributed by atoms with Gasteiger partial charge < -0.3 is 15.5 Å². The maximum atomic E-state index is 12.5. The topological polar surface area (TPSA) is 61.4 Å². The van der Waals surface area contributed by atoms with E-state index in [1.54, 1.807) is 29.2 Å². The van der Waals surface area contributed by atoms with Crippen LogP contribution >= 0.6 is 11.6 Å². The third-order valence-corrected chi connectivity index (χ3v) is 4.44. The summed E-state index contributed by atoms with van der Waals surface area (Å²) in [5.41, 5.74) is 1.65. The zero-order valence-electron chi connectivity index (χ0n) is 13.7. The fourth-order valence-electron chi connectivity index (χ4n) is 2.95. The van der Waals surface area contributed by atoms with Gasteiger partial charge in [-0.05, 0) is 36.6 Å². The molecular weight excluding hydrogens is 338 g/mol. The first-order valence-corrected chi connectivity index (χ1v) is 8.66. The summed E-state index contributed by atoms with van der Waals surface area (Å²) in [5.74, 6) is -0.123. The van der Waals surface area contributed by atoms with Crippen LogP contribution in [0.15, 0.2) is 54.6 Å². The number of urea groups is 1. The van der Waals surface area contributed by atoms with Crippen molar-refractivity contribution < 1.29 is 9.59 Å². The van der Waals surface area contributed by atoms with E-state index >= 15 is 0 Å². The molecule has 0 radical (unpaired) electrons. The van der Waals surface area contributed by atoms with E-state index in [2.05, 4.69) is 10.6 Å². The molecule has 2 aromatic rings. The molecule has 2 N–H and O–H groups in total. The van der Waals surface area contributed by atoms with Gasteiger partial charge in [-0.25, -0.2) is 4.79 Å². The van der Waals surface area contributed by atoms with Crippen LogP contribution in [0, 0.1) is 0 Å². The Labute approximate surface area is 152 Å². The first kappa shape index (κ1) is 17.3. The van der Waals surface area contributed by atoms with Gasteiger partial charge in [0.25, 0.3) is 0 Å². The van der Waals surface area contributed by atoms with Gasteiger partial charge in [0.05, 0.1) is 0 Å². The van der Waals surface area contributed by atoms with Crippen LogP contribution in [-0.4, -0.2) is 29.4 Å². The van der Waals surface area contributed by atoms with E-state index in [1.807, 2.05) is 30.3 Å². The highest BCUT2D eigenvalue weighted by atomic mass is 35.5. The molecule has 2 aromatic carbocycles. The number of rotatable bonds is 4. The first-order valence-electron chi connectivity index (χ1n) is 8.28. The number of hydrogen-bond acceptors (Lipinski definition) is 2. The monoisotopic (exact) mass is 357 g/mol. The molecule has 6 heteroatoms. The average molecular weight is 358 g/mol. The lowest BCUT2D eigenvalue weighted by molar-refractivity contribution is -0.124. The van der Waals surface area contributed by atoms with E-state index in [4.69, 9.17) is 11.6 Å². The van der Waals surface area contributed by atoms with Crippen LogP contribution in [0.1, 0.15) is 18.4 Å². The molecule has 0 aliphatic carbocycles.